The standard InChI is InChI=1S/C14H19BrO10/c1-6(16)11(20)10(5-24-9(4)19)25-14(15,23)13(22,8(3)18)12(11,21)7(2)17/h10,20-23H,5H2,1-4H3/t10-,11-,12+,13-,14-/m1/s1. The number of carbonyl (C=O) groups excluding carboxylic acids is 4. The average Bonchev–Trinajstić information content (AvgIpc) is 2.46. The van der Waals surface area contributed by atoms with Gasteiger partial charge in [-0.25, -0.2) is 0 Å². The van der Waals surface area contributed by atoms with E-state index >= 15 is 0 Å². The van der Waals surface area contributed by atoms with E-state index in [0.29, 0.717) is 13.8 Å². The number of esters is 1. The second-order valence-electron chi connectivity index (χ2n) is 5.83. The van der Waals surface area contributed by atoms with Gasteiger partial charge < -0.3 is 29.9 Å². The SMILES string of the molecule is CC(=O)OC[C@H]1O[C@@](O)(Br)[C@@](O)(C(C)=O)[C@](O)(C(C)=O)[C@@]1(O)C(C)=O. The largest absolute Gasteiger partial charge is 0.463 e. The molecule has 1 fully saturated rings. The van der Waals surface area contributed by atoms with E-state index in [1.807, 2.05) is 0 Å². The molecule has 0 aromatic rings. The fraction of sp³-hybridized carbons (Fsp3) is 0.714. The van der Waals surface area contributed by atoms with Crippen molar-refractivity contribution in [3.63, 3.8) is 0 Å². The number of hydrogen-bond acceptors (Lipinski definition) is 10. The van der Waals surface area contributed by atoms with Crippen molar-refractivity contribution in [2.45, 2.75) is 55.3 Å². The van der Waals surface area contributed by atoms with Crippen LogP contribution in [0.2, 0.25) is 0 Å². The van der Waals surface area contributed by atoms with E-state index in [-0.39, 0.29) is 0 Å². The minimum atomic E-state index is -3.51. The molecule has 5 atom stereocenters. The summed E-state index contributed by atoms with van der Waals surface area (Å²) in [5, 5.41) is 42.8. The number of hydrogen-bond donors (Lipinski definition) is 4. The quantitative estimate of drug-likeness (QED) is 0.283. The molecule has 0 bridgehead atoms. The minimum absolute atomic E-state index is 0.694. The van der Waals surface area contributed by atoms with Gasteiger partial charge in [-0.1, -0.05) is 0 Å². The third-order valence-electron chi connectivity index (χ3n) is 4.28. The molecule has 0 aliphatic carbocycles. The Balaban J connectivity index is 3.79. The molecule has 1 rings (SSSR count). The van der Waals surface area contributed by atoms with E-state index in [1.54, 1.807) is 0 Å². The van der Waals surface area contributed by atoms with E-state index in [2.05, 4.69) is 20.7 Å². The smallest absolute Gasteiger partial charge is 0.302 e. The van der Waals surface area contributed by atoms with Crippen molar-refractivity contribution in [2.24, 2.45) is 0 Å². The summed E-state index contributed by atoms with van der Waals surface area (Å²) in [6.45, 7) is 2.29. The Morgan fingerprint density at radius 3 is 1.68 bits per heavy atom. The van der Waals surface area contributed by atoms with Crippen molar-refractivity contribution in [3.8, 4) is 0 Å². The van der Waals surface area contributed by atoms with Crippen molar-refractivity contribution in [1.29, 1.82) is 0 Å². The highest BCUT2D eigenvalue weighted by Crippen LogP contribution is 2.52. The van der Waals surface area contributed by atoms with Gasteiger partial charge in [-0.3, -0.25) is 19.2 Å². The Kier molecular flexibility index (Phi) is 5.66. The summed E-state index contributed by atoms with van der Waals surface area (Å²) in [6.07, 6.45) is -1.99. The molecule has 0 spiro atoms. The van der Waals surface area contributed by atoms with Crippen LogP contribution in [0.1, 0.15) is 27.7 Å². The molecule has 0 aromatic carbocycles. The van der Waals surface area contributed by atoms with Gasteiger partial charge in [0.2, 0.25) is 11.2 Å². The zero-order valence-corrected chi connectivity index (χ0v) is 15.5. The Morgan fingerprint density at radius 1 is 0.920 bits per heavy atom. The lowest BCUT2D eigenvalue weighted by Gasteiger charge is -2.58. The van der Waals surface area contributed by atoms with Crippen molar-refractivity contribution in [3.05, 3.63) is 0 Å². The third-order valence-corrected chi connectivity index (χ3v) is 5.04. The molecule has 1 saturated heterocycles. The average molecular weight is 427 g/mol. The first kappa shape index (κ1) is 21.8. The van der Waals surface area contributed by atoms with Gasteiger partial charge in [0, 0.05) is 6.92 Å². The maximum Gasteiger partial charge on any atom is 0.302 e. The maximum atomic E-state index is 12.2. The lowest BCUT2D eigenvalue weighted by atomic mass is 9.61. The van der Waals surface area contributed by atoms with Gasteiger partial charge in [0.05, 0.1) is 0 Å². The van der Waals surface area contributed by atoms with Crippen LogP contribution in [-0.2, 0) is 28.7 Å². The Morgan fingerprint density at radius 2 is 1.36 bits per heavy atom. The summed E-state index contributed by atoms with van der Waals surface area (Å²) in [5.41, 5.74) is -10.2. The Labute approximate surface area is 150 Å². The van der Waals surface area contributed by atoms with Gasteiger partial charge in [0.25, 0.3) is 4.70 Å². The van der Waals surface area contributed by atoms with Crippen LogP contribution in [0.3, 0.4) is 0 Å². The maximum absolute atomic E-state index is 12.2. The highest BCUT2D eigenvalue weighted by atomic mass is 79.9. The number of Topliss-reactive ketones (excluding diaryl/α,β-unsaturated/α-hetero) is 3. The zero-order valence-electron chi connectivity index (χ0n) is 13.9. The van der Waals surface area contributed by atoms with Gasteiger partial charge in [-0.05, 0) is 36.7 Å². The summed E-state index contributed by atoms with van der Waals surface area (Å²) in [7, 11) is 0. The number of alkyl halides is 1. The molecule has 0 radical (unpaired) electrons. The van der Waals surface area contributed by atoms with Crippen molar-refractivity contribution in [2.75, 3.05) is 6.61 Å². The molecule has 10 nitrogen and oxygen atoms in total. The number of carbonyl (C=O) groups is 4. The molecule has 0 unspecified atom stereocenters. The number of ketones is 3. The lowest BCUT2D eigenvalue weighted by Crippen LogP contribution is -2.88. The fourth-order valence-electron chi connectivity index (χ4n) is 2.92. The topological polar surface area (TPSA) is 168 Å². The van der Waals surface area contributed by atoms with Gasteiger partial charge in [-0.2, -0.15) is 0 Å². The molecule has 1 aliphatic rings. The Bertz CT molecular complexity index is 631. The zero-order chi connectivity index (χ0) is 20.0. The van der Waals surface area contributed by atoms with E-state index in [4.69, 9.17) is 4.74 Å². The first-order valence-electron chi connectivity index (χ1n) is 7.03. The molecular formula is C14H19BrO10. The summed E-state index contributed by atoms with van der Waals surface area (Å²) < 4.78 is 6.51. The van der Waals surface area contributed by atoms with Crippen LogP contribution in [0, 0.1) is 0 Å². The fourth-order valence-corrected chi connectivity index (χ4v) is 3.71. The van der Waals surface area contributed by atoms with Gasteiger partial charge in [0.1, 0.15) is 12.7 Å². The molecule has 0 saturated carbocycles. The van der Waals surface area contributed by atoms with E-state index < -0.39 is 57.5 Å². The van der Waals surface area contributed by atoms with E-state index in [9.17, 15) is 39.6 Å². The first-order chi connectivity index (χ1) is 11.1. The predicted octanol–water partition coefficient (Wildman–Crippen LogP) is -2.05. The second-order valence-corrected chi connectivity index (χ2v) is 6.90. The van der Waals surface area contributed by atoms with Crippen molar-refractivity contribution < 1.29 is 49.1 Å². The summed E-state index contributed by atoms with van der Waals surface area (Å²) in [5.74, 6) is -4.91. The van der Waals surface area contributed by atoms with Gasteiger partial charge in [0.15, 0.2) is 23.0 Å². The van der Waals surface area contributed by atoms with Crippen LogP contribution < -0.4 is 0 Å². The third kappa shape index (κ3) is 2.75. The second kappa shape index (κ2) is 6.49. The molecule has 0 amide bonds. The van der Waals surface area contributed by atoms with Crippen LogP contribution in [0.4, 0.5) is 0 Å². The summed E-state index contributed by atoms with van der Waals surface area (Å²) in [6, 6.07) is 0. The van der Waals surface area contributed by atoms with Crippen LogP contribution in [0.5, 0.6) is 0 Å². The summed E-state index contributed by atoms with van der Waals surface area (Å²) in [4.78, 5) is 47.3. The monoisotopic (exact) mass is 426 g/mol. The summed E-state index contributed by atoms with van der Waals surface area (Å²) >= 11 is 2.50. The number of ether oxygens (including phenoxy) is 2. The van der Waals surface area contributed by atoms with Gasteiger partial charge in [-0.15, -0.1) is 0 Å². The van der Waals surface area contributed by atoms with Crippen LogP contribution in [-0.4, -0.2) is 78.0 Å². The van der Waals surface area contributed by atoms with E-state index in [1.165, 1.54) is 0 Å². The van der Waals surface area contributed by atoms with Crippen molar-refractivity contribution in [1.82, 2.24) is 0 Å². The molecule has 0 aromatic heterocycles. The molecule has 1 heterocycles. The molecule has 142 valence electrons. The molecular weight excluding hydrogens is 408 g/mol. The molecule has 11 heteroatoms. The highest BCUT2D eigenvalue weighted by molar-refractivity contribution is 9.10. The Hall–Kier alpha value is -1.24. The highest BCUT2D eigenvalue weighted by Gasteiger charge is 2.82. The number of halogens is 1. The van der Waals surface area contributed by atoms with Crippen molar-refractivity contribution >= 4 is 39.2 Å². The van der Waals surface area contributed by atoms with Crippen LogP contribution in [0.25, 0.3) is 0 Å². The normalized spacial score (nSPS) is 41.1. The molecule has 25 heavy (non-hydrogen) atoms. The molecule has 1 aliphatic heterocycles. The number of rotatable bonds is 5. The van der Waals surface area contributed by atoms with Gasteiger partial charge >= 0.3 is 5.97 Å². The van der Waals surface area contributed by atoms with Crippen LogP contribution in [0.15, 0.2) is 0 Å². The van der Waals surface area contributed by atoms with E-state index in [0.717, 1.165) is 13.8 Å². The predicted molar refractivity (Wildman–Crippen MR) is 82.3 cm³/mol. The molecule has 4 N–H and O–H groups in total. The first-order valence-corrected chi connectivity index (χ1v) is 7.82. The van der Waals surface area contributed by atoms with Crippen LogP contribution >= 0.6 is 15.9 Å². The lowest BCUT2D eigenvalue weighted by molar-refractivity contribution is -0.371. The minimum Gasteiger partial charge on any atom is -0.463 e. The number of aliphatic hydroxyl groups is 4.